The highest BCUT2D eigenvalue weighted by molar-refractivity contribution is 9.10. The normalized spacial score (nSPS) is 14.3. The topological polar surface area (TPSA) is 72.2 Å². The van der Waals surface area contributed by atoms with Gasteiger partial charge in [-0.2, -0.15) is 0 Å². The molecule has 0 saturated heterocycles. The third-order valence-electron chi connectivity index (χ3n) is 3.64. The van der Waals surface area contributed by atoms with E-state index in [0.29, 0.717) is 22.3 Å². The van der Waals surface area contributed by atoms with Gasteiger partial charge in [0.2, 0.25) is 10.0 Å². The van der Waals surface area contributed by atoms with E-state index in [9.17, 15) is 8.42 Å². The summed E-state index contributed by atoms with van der Waals surface area (Å²) in [6.45, 7) is 10.5. The molecule has 0 amide bonds. The Morgan fingerprint density at radius 2 is 1.90 bits per heavy atom. The highest BCUT2D eigenvalue weighted by Gasteiger charge is 2.24. The minimum Gasteiger partial charge on any atom is -0.398 e. The smallest absolute Gasteiger partial charge is 0.240 e. The van der Waals surface area contributed by atoms with E-state index < -0.39 is 10.0 Å². The van der Waals surface area contributed by atoms with Crippen molar-refractivity contribution >= 4 is 31.6 Å². The summed E-state index contributed by atoms with van der Waals surface area (Å²) < 4.78 is 28.1. The molecule has 1 unspecified atom stereocenters. The second-order valence-corrected chi connectivity index (χ2v) is 8.85. The number of anilines is 1. The van der Waals surface area contributed by atoms with Crippen LogP contribution in [0.25, 0.3) is 0 Å². The van der Waals surface area contributed by atoms with Gasteiger partial charge in [-0.1, -0.05) is 27.7 Å². The summed E-state index contributed by atoms with van der Waals surface area (Å²) in [5.41, 5.74) is 6.91. The molecule has 0 spiro atoms. The third kappa shape index (κ3) is 4.20. The predicted octanol–water partition coefficient (Wildman–Crippen LogP) is 3.30. The molecule has 0 aliphatic heterocycles. The lowest BCUT2D eigenvalue weighted by Gasteiger charge is -2.27. The summed E-state index contributed by atoms with van der Waals surface area (Å²) in [7, 11) is -3.54. The molecule has 1 aromatic carbocycles. The largest absolute Gasteiger partial charge is 0.398 e. The van der Waals surface area contributed by atoms with Gasteiger partial charge in [-0.3, -0.25) is 0 Å². The standard InChI is InChI=1S/C14H23BrN2O2S/c1-9-6-11(15)12(16)7-13(9)20(18,19)17-8-10(2)14(3,4)5/h6-7,10,17H,8,16H2,1-5H3. The number of aryl methyl sites for hydroxylation is 1. The average molecular weight is 363 g/mol. The summed E-state index contributed by atoms with van der Waals surface area (Å²) in [5.74, 6) is 0.227. The molecule has 0 bridgehead atoms. The quantitative estimate of drug-likeness (QED) is 0.807. The van der Waals surface area contributed by atoms with E-state index in [1.807, 2.05) is 6.92 Å². The van der Waals surface area contributed by atoms with Crippen LogP contribution in [-0.4, -0.2) is 15.0 Å². The van der Waals surface area contributed by atoms with Crippen LogP contribution in [0.4, 0.5) is 5.69 Å². The molecule has 0 saturated carbocycles. The molecule has 1 atom stereocenters. The van der Waals surface area contributed by atoms with Crippen LogP contribution in [0.1, 0.15) is 33.3 Å². The lowest BCUT2D eigenvalue weighted by molar-refractivity contribution is 0.263. The number of benzene rings is 1. The van der Waals surface area contributed by atoms with Crippen LogP contribution in [0.2, 0.25) is 0 Å². The molecule has 0 aromatic heterocycles. The minimum atomic E-state index is -3.54. The van der Waals surface area contributed by atoms with E-state index in [-0.39, 0.29) is 16.2 Å². The van der Waals surface area contributed by atoms with Crippen LogP contribution in [-0.2, 0) is 10.0 Å². The van der Waals surface area contributed by atoms with Gasteiger partial charge < -0.3 is 5.73 Å². The van der Waals surface area contributed by atoms with Crippen molar-refractivity contribution in [2.75, 3.05) is 12.3 Å². The van der Waals surface area contributed by atoms with E-state index in [1.54, 1.807) is 13.0 Å². The van der Waals surface area contributed by atoms with Crippen LogP contribution >= 0.6 is 15.9 Å². The van der Waals surface area contributed by atoms with E-state index in [4.69, 9.17) is 5.73 Å². The highest BCUT2D eigenvalue weighted by atomic mass is 79.9. The SMILES string of the molecule is Cc1cc(Br)c(N)cc1S(=O)(=O)NCC(C)C(C)(C)C. The Kier molecular flexibility index (Phi) is 5.27. The number of hydrogen-bond acceptors (Lipinski definition) is 3. The van der Waals surface area contributed by atoms with E-state index >= 15 is 0 Å². The Bertz CT molecular complexity index is 592. The van der Waals surface area contributed by atoms with Gasteiger partial charge in [-0.15, -0.1) is 0 Å². The third-order valence-corrected chi connectivity index (χ3v) is 5.89. The first-order chi connectivity index (χ1) is 8.95. The maximum atomic E-state index is 12.4. The van der Waals surface area contributed by atoms with Crippen molar-refractivity contribution in [3.05, 3.63) is 22.2 Å². The molecule has 20 heavy (non-hydrogen) atoms. The molecule has 3 N–H and O–H groups in total. The van der Waals surface area contributed by atoms with Gasteiger partial charge in [0.15, 0.2) is 0 Å². The zero-order valence-electron chi connectivity index (χ0n) is 12.6. The number of hydrogen-bond donors (Lipinski definition) is 2. The van der Waals surface area contributed by atoms with Gasteiger partial charge in [0.25, 0.3) is 0 Å². The average Bonchev–Trinajstić information content (AvgIpc) is 2.29. The lowest BCUT2D eigenvalue weighted by atomic mass is 9.82. The van der Waals surface area contributed by atoms with Gasteiger partial charge in [0.1, 0.15) is 0 Å². The Morgan fingerprint density at radius 1 is 1.35 bits per heavy atom. The molecule has 0 aliphatic carbocycles. The highest BCUT2D eigenvalue weighted by Crippen LogP contribution is 2.28. The van der Waals surface area contributed by atoms with E-state index in [0.717, 1.165) is 0 Å². The van der Waals surface area contributed by atoms with E-state index in [2.05, 4.69) is 41.4 Å². The lowest BCUT2D eigenvalue weighted by Crippen LogP contribution is -2.34. The number of nitrogen functional groups attached to an aromatic ring is 1. The first-order valence-corrected chi connectivity index (χ1v) is 8.78. The maximum absolute atomic E-state index is 12.4. The summed E-state index contributed by atoms with van der Waals surface area (Å²) in [6, 6.07) is 3.21. The monoisotopic (exact) mass is 362 g/mol. The maximum Gasteiger partial charge on any atom is 0.240 e. The van der Waals surface area contributed by atoms with Crippen molar-refractivity contribution in [2.24, 2.45) is 11.3 Å². The summed E-state index contributed by atoms with van der Waals surface area (Å²) >= 11 is 3.30. The summed E-state index contributed by atoms with van der Waals surface area (Å²) in [5, 5.41) is 0. The van der Waals surface area contributed by atoms with Crippen LogP contribution in [0.3, 0.4) is 0 Å². The van der Waals surface area contributed by atoms with Crippen molar-refractivity contribution < 1.29 is 8.42 Å². The number of nitrogens with two attached hydrogens (primary N) is 1. The molecule has 0 fully saturated rings. The molecule has 6 heteroatoms. The molecule has 0 radical (unpaired) electrons. The van der Waals surface area contributed by atoms with Crippen molar-refractivity contribution in [2.45, 2.75) is 39.5 Å². The minimum absolute atomic E-state index is 0.0519. The molecule has 0 aliphatic rings. The van der Waals surface area contributed by atoms with Crippen molar-refractivity contribution in [3.63, 3.8) is 0 Å². The predicted molar refractivity (Wildman–Crippen MR) is 87.1 cm³/mol. The number of nitrogens with one attached hydrogen (secondary N) is 1. The molecule has 1 rings (SSSR count). The van der Waals surface area contributed by atoms with Gasteiger partial charge in [-0.05, 0) is 51.9 Å². The number of halogens is 1. The zero-order valence-corrected chi connectivity index (χ0v) is 15.0. The molecular weight excluding hydrogens is 340 g/mol. The van der Waals surface area contributed by atoms with Crippen molar-refractivity contribution in [3.8, 4) is 0 Å². The van der Waals surface area contributed by atoms with Crippen LogP contribution in [0.5, 0.6) is 0 Å². The number of sulfonamides is 1. The van der Waals surface area contributed by atoms with Crippen LogP contribution in [0, 0.1) is 18.3 Å². The second kappa shape index (κ2) is 6.03. The Balaban J connectivity index is 2.98. The van der Waals surface area contributed by atoms with Crippen molar-refractivity contribution in [1.82, 2.24) is 4.72 Å². The molecule has 114 valence electrons. The van der Waals surface area contributed by atoms with Crippen molar-refractivity contribution in [1.29, 1.82) is 0 Å². The first kappa shape index (κ1) is 17.5. The fourth-order valence-corrected chi connectivity index (χ4v) is 3.42. The molecule has 1 aromatic rings. The van der Waals surface area contributed by atoms with Gasteiger partial charge in [0.05, 0.1) is 4.90 Å². The van der Waals surface area contributed by atoms with Gasteiger partial charge >= 0.3 is 0 Å². The summed E-state index contributed by atoms with van der Waals surface area (Å²) in [6.07, 6.45) is 0. The fourth-order valence-electron chi connectivity index (χ4n) is 1.58. The zero-order chi connectivity index (χ0) is 15.7. The second-order valence-electron chi connectivity index (χ2n) is 6.26. The fraction of sp³-hybridized carbons (Fsp3) is 0.571. The van der Waals surface area contributed by atoms with Gasteiger partial charge in [0, 0.05) is 16.7 Å². The first-order valence-electron chi connectivity index (χ1n) is 6.50. The Labute approximate surface area is 130 Å². The summed E-state index contributed by atoms with van der Waals surface area (Å²) in [4.78, 5) is 0.235. The Morgan fingerprint density at radius 3 is 2.40 bits per heavy atom. The molecular formula is C14H23BrN2O2S. The van der Waals surface area contributed by atoms with Crippen LogP contribution < -0.4 is 10.5 Å². The van der Waals surface area contributed by atoms with Crippen LogP contribution in [0.15, 0.2) is 21.5 Å². The van der Waals surface area contributed by atoms with Gasteiger partial charge in [-0.25, -0.2) is 13.1 Å². The molecule has 4 nitrogen and oxygen atoms in total. The number of rotatable bonds is 4. The molecule has 0 heterocycles. The Hall–Kier alpha value is -0.590. The van der Waals surface area contributed by atoms with E-state index in [1.165, 1.54) is 6.07 Å².